The summed E-state index contributed by atoms with van der Waals surface area (Å²) in [6.07, 6.45) is 4.15. The van der Waals surface area contributed by atoms with Crippen LogP contribution in [0.25, 0.3) is 6.08 Å². The van der Waals surface area contributed by atoms with Crippen molar-refractivity contribution >= 4 is 33.6 Å². The topological polar surface area (TPSA) is 60.5 Å². The quantitative estimate of drug-likeness (QED) is 0.497. The van der Waals surface area contributed by atoms with Gasteiger partial charge in [-0.05, 0) is 42.3 Å². The lowest BCUT2D eigenvalue weighted by Gasteiger charge is -2.26. The lowest BCUT2D eigenvalue weighted by molar-refractivity contribution is -0.114. The Morgan fingerprint density at radius 2 is 1.85 bits per heavy atom. The van der Waals surface area contributed by atoms with E-state index in [1.54, 1.807) is 31.3 Å². The van der Waals surface area contributed by atoms with Crippen molar-refractivity contribution in [3.8, 4) is 17.2 Å². The van der Waals surface area contributed by atoms with Gasteiger partial charge in [0.05, 0.1) is 33.1 Å². The van der Waals surface area contributed by atoms with Crippen molar-refractivity contribution in [1.29, 1.82) is 0 Å². The molecule has 8 heteroatoms. The third-order valence-electron chi connectivity index (χ3n) is 5.89. The number of hydrogen-bond donors (Lipinski definition) is 0. The molecule has 33 heavy (non-hydrogen) atoms. The summed E-state index contributed by atoms with van der Waals surface area (Å²) in [6.45, 7) is 5.35. The number of hydrogen-bond acceptors (Lipinski definition) is 6. The van der Waals surface area contributed by atoms with Gasteiger partial charge >= 0.3 is 0 Å². The molecule has 0 aliphatic carbocycles. The van der Waals surface area contributed by atoms with Gasteiger partial charge in [0.1, 0.15) is 12.4 Å². The SMILES string of the molecule is COc1ccc(Br)cc1/C=C/C(=O)N1CCc2cc(OC)c(OCCN3CCOCC3)cc21. The molecular weight excluding hydrogens is 488 g/mol. The molecule has 2 aliphatic heterocycles. The highest BCUT2D eigenvalue weighted by Crippen LogP contribution is 2.39. The van der Waals surface area contributed by atoms with E-state index in [1.807, 2.05) is 30.3 Å². The first-order chi connectivity index (χ1) is 16.1. The zero-order valence-electron chi connectivity index (χ0n) is 19.0. The Balaban J connectivity index is 1.47. The smallest absolute Gasteiger partial charge is 0.251 e. The minimum absolute atomic E-state index is 0.0831. The summed E-state index contributed by atoms with van der Waals surface area (Å²) in [5.74, 6) is 1.98. The molecule has 2 aromatic carbocycles. The van der Waals surface area contributed by atoms with Gasteiger partial charge in [0.2, 0.25) is 0 Å². The zero-order chi connectivity index (χ0) is 23.2. The van der Waals surface area contributed by atoms with Gasteiger partial charge < -0.3 is 23.8 Å². The lowest BCUT2D eigenvalue weighted by atomic mass is 10.1. The number of morpholine rings is 1. The lowest BCUT2D eigenvalue weighted by Crippen LogP contribution is -2.38. The second-order valence-corrected chi connectivity index (χ2v) is 8.81. The first-order valence-corrected chi connectivity index (χ1v) is 11.9. The van der Waals surface area contributed by atoms with Crippen molar-refractivity contribution in [1.82, 2.24) is 4.90 Å². The molecule has 1 saturated heterocycles. The number of nitrogens with zero attached hydrogens (tertiary/aromatic N) is 2. The highest BCUT2D eigenvalue weighted by atomic mass is 79.9. The molecule has 0 saturated carbocycles. The summed E-state index contributed by atoms with van der Waals surface area (Å²) in [7, 11) is 3.26. The Hall–Kier alpha value is -2.55. The van der Waals surface area contributed by atoms with Crippen molar-refractivity contribution in [2.75, 3.05) is 65.1 Å². The van der Waals surface area contributed by atoms with Crippen LogP contribution in [0.1, 0.15) is 11.1 Å². The van der Waals surface area contributed by atoms with Crippen LogP contribution in [-0.4, -0.2) is 71.0 Å². The van der Waals surface area contributed by atoms with E-state index in [1.165, 1.54) is 0 Å². The molecule has 0 spiro atoms. The largest absolute Gasteiger partial charge is 0.496 e. The molecule has 2 heterocycles. The second kappa shape index (κ2) is 11.0. The first-order valence-electron chi connectivity index (χ1n) is 11.1. The Morgan fingerprint density at radius 3 is 2.61 bits per heavy atom. The van der Waals surface area contributed by atoms with E-state index in [-0.39, 0.29) is 5.91 Å². The summed E-state index contributed by atoms with van der Waals surface area (Å²) >= 11 is 3.47. The van der Waals surface area contributed by atoms with Crippen LogP contribution in [0.15, 0.2) is 40.9 Å². The fourth-order valence-electron chi connectivity index (χ4n) is 4.09. The molecule has 1 fully saturated rings. The zero-order valence-corrected chi connectivity index (χ0v) is 20.6. The van der Waals surface area contributed by atoms with E-state index < -0.39 is 0 Å². The molecule has 0 bridgehead atoms. The maximum absolute atomic E-state index is 13.0. The van der Waals surface area contributed by atoms with Crippen molar-refractivity contribution in [2.45, 2.75) is 6.42 Å². The number of ether oxygens (including phenoxy) is 4. The molecule has 4 rings (SSSR count). The highest BCUT2D eigenvalue weighted by molar-refractivity contribution is 9.10. The van der Waals surface area contributed by atoms with Crippen LogP contribution < -0.4 is 19.1 Å². The number of halogens is 1. The van der Waals surface area contributed by atoms with E-state index in [2.05, 4.69) is 20.8 Å². The molecule has 2 aliphatic rings. The summed E-state index contributed by atoms with van der Waals surface area (Å²) in [5.41, 5.74) is 2.78. The molecule has 0 unspecified atom stereocenters. The Morgan fingerprint density at radius 1 is 1.06 bits per heavy atom. The van der Waals surface area contributed by atoms with Gasteiger partial charge in [0.25, 0.3) is 5.91 Å². The number of methoxy groups -OCH3 is 2. The minimum atomic E-state index is -0.0831. The molecule has 7 nitrogen and oxygen atoms in total. The number of carbonyl (C=O) groups is 1. The molecule has 0 N–H and O–H groups in total. The molecular formula is C25H29BrN2O5. The predicted octanol–water partition coefficient (Wildman–Crippen LogP) is 3.78. The number of fused-ring (bicyclic) bond motifs is 1. The van der Waals surface area contributed by atoms with Crippen LogP contribution in [-0.2, 0) is 16.0 Å². The second-order valence-electron chi connectivity index (χ2n) is 7.89. The van der Waals surface area contributed by atoms with Gasteiger partial charge in [-0.25, -0.2) is 0 Å². The summed E-state index contributed by atoms with van der Waals surface area (Å²) in [4.78, 5) is 17.2. The Labute approximate surface area is 203 Å². The number of amides is 1. The molecule has 0 radical (unpaired) electrons. The number of rotatable bonds is 8. The van der Waals surface area contributed by atoms with E-state index in [4.69, 9.17) is 18.9 Å². The van der Waals surface area contributed by atoms with Crippen LogP contribution in [0.5, 0.6) is 17.2 Å². The average molecular weight is 517 g/mol. The van der Waals surface area contributed by atoms with Crippen LogP contribution in [0.4, 0.5) is 5.69 Å². The minimum Gasteiger partial charge on any atom is -0.496 e. The summed E-state index contributed by atoms with van der Waals surface area (Å²) in [5, 5.41) is 0. The third kappa shape index (κ3) is 5.69. The van der Waals surface area contributed by atoms with Crippen LogP contribution in [0.2, 0.25) is 0 Å². The maximum Gasteiger partial charge on any atom is 0.251 e. The predicted molar refractivity (Wildman–Crippen MR) is 132 cm³/mol. The maximum atomic E-state index is 13.0. The third-order valence-corrected chi connectivity index (χ3v) is 6.39. The fraction of sp³-hybridized carbons (Fsp3) is 0.400. The summed E-state index contributed by atoms with van der Waals surface area (Å²) < 4.78 is 23.3. The van der Waals surface area contributed by atoms with E-state index >= 15 is 0 Å². The Kier molecular flexibility index (Phi) is 7.90. The summed E-state index contributed by atoms with van der Waals surface area (Å²) in [6, 6.07) is 9.60. The van der Waals surface area contributed by atoms with Crippen molar-refractivity contribution in [3.05, 3.63) is 52.0 Å². The monoisotopic (exact) mass is 516 g/mol. The molecule has 0 aromatic heterocycles. The Bertz CT molecular complexity index is 1020. The van der Waals surface area contributed by atoms with Crippen molar-refractivity contribution < 1.29 is 23.7 Å². The van der Waals surface area contributed by atoms with Crippen molar-refractivity contribution in [2.24, 2.45) is 0 Å². The fourth-order valence-corrected chi connectivity index (χ4v) is 4.47. The van der Waals surface area contributed by atoms with Crippen LogP contribution in [0.3, 0.4) is 0 Å². The van der Waals surface area contributed by atoms with E-state index in [9.17, 15) is 4.79 Å². The molecule has 176 valence electrons. The first kappa shape index (κ1) is 23.6. The molecule has 1 amide bonds. The van der Waals surface area contributed by atoms with Crippen LogP contribution >= 0.6 is 15.9 Å². The molecule has 0 atom stereocenters. The van der Waals surface area contributed by atoms with Crippen LogP contribution in [0, 0.1) is 0 Å². The van der Waals surface area contributed by atoms with E-state index in [0.29, 0.717) is 30.4 Å². The van der Waals surface area contributed by atoms with Crippen molar-refractivity contribution in [3.63, 3.8) is 0 Å². The number of carbonyl (C=O) groups excluding carboxylic acids is 1. The number of anilines is 1. The van der Waals surface area contributed by atoms with Gasteiger partial charge in [-0.2, -0.15) is 0 Å². The van der Waals surface area contributed by atoms with E-state index in [0.717, 1.165) is 60.6 Å². The molecule has 2 aromatic rings. The standard InChI is InChI=1S/C25H29BrN2O5/c1-30-22-5-4-20(26)15-19(22)3-6-25(29)28-8-7-18-16-23(31-2)24(17-21(18)28)33-14-11-27-9-12-32-13-10-27/h3-6,15-17H,7-14H2,1-2H3/b6-3+. The normalized spacial score (nSPS) is 16.2. The number of benzene rings is 2. The van der Waals surface area contributed by atoms with Gasteiger partial charge in [-0.15, -0.1) is 0 Å². The van der Waals surface area contributed by atoms with Gasteiger partial charge in [-0.3, -0.25) is 9.69 Å². The van der Waals surface area contributed by atoms with Gasteiger partial charge in [-0.1, -0.05) is 15.9 Å². The van der Waals surface area contributed by atoms with Gasteiger partial charge in [0, 0.05) is 48.4 Å². The highest BCUT2D eigenvalue weighted by Gasteiger charge is 2.26. The van der Waals surface area contributed by atoms with Gasteiger partial charge in [0.15, 0.2) is 11.5 Å². The average Bonchev–Trinajstić information content (AvgIpc) is 3.25.